The first-order valence-corrected chi connectivity index (χ1v) is 11.0. The van der Waals surface area contributed by atoms with Crippen LogP contribution in [-0.4, -0.2) is 41.8 Å². The zero-order chi connectivity index (χ0) is 23.4. The Hall–Kier alpha value is -3.98. The van der Waals surface area contributed by atoms with E-state index in [4.69, 9.17) is 9.47 Å². The van der Waals surface area contributed by atoms with Crippen molar-refractivity contribution in [2.45, 2.75) is 13.5 Å². The van der Waals surface area contributed by atoms with Crippen LogP contribution in [0.5, 0.6) is 5.75 Å². The van der Waals surface area contributed by atoms with E-state index in [2.05, 4.69) is 5.32 Å². The molecule has 3 amide bonds. The summed E-state index contributed by atoms with van der Waals surface area (Å²) in [6.45, 7) is 1.56. The van der Waals surface area contributed by atoms with Gasteiger partial charge in [0.1, 0.15) is 10.8 Å². The first-order valence-electron chi connectivity index (χ1n) is 10.2. The van der Waals surface area contributed by atoms with Crippen molar-refractivity contribution in [3.8, 4) is 5.75 Å². The van der Waals surface area contributed by atoms with Crippen LogP contribution in [0, 0.1) is 0 Å². The van der Waals surface area contributed by atoms with Gasteiger partial charge in [0.05, 0.1) is 29.8 Å². The summed E-state index contributed by atoms with van der Waals surface area (Å²) in [6.07, 6.45) is 0. The van der Waals surface area contributed by atoms with Crippen molar-refractivity contribution in [2.24, 2.45) is 0 Å². The Morgan fingerprint density at radius 1 is 0.970 bits per heavy atom. The molecule has 2 heterocycles. The van der Waals surface area contributed by atoms with Crippen molar-refractivity contribution in [1.29, 1.82) is 0 Å². The van der Waals surface area contributed by atoms with Crippen LogP contribution in [0.15, 0.2) is 60.7 Å². The van der Waals surface area contributed by atoms with Gasteiger partial charge >= 0.3 is 5.97 Å². The Morgan fingerprint density at radius 2 is 1.61 bits per heavy atom. The zero-order valence-corrected chi connectivity index (χ0v) is 18.5. The minimum atomic E-state index is -0.610. The molecule has 0 unspecified atom stereocenters. The molecule has 2 aromatic carbocycles. The van der Waals surface area contributed by atoms with Crippen LogP contribution < -0.4 is 10.1 Å². The van der Waals surface area contributed by atoms with E-state index in [1.165, 1.54) is 6.07 Å². The molecule has 1 aliphatic rings. The summed E-state index contributed by atoms with van der Waals surface area (Å²) in [6, 6.07) is 17.0. The minimum Gasteiger partial charge on any atom is -0.484 e. The molecule has 0 saturated heterocycles. The molecule has 0 aliphatic carbocycles. The smallest absolute Gasteiger partial charge is 0.341 e. The number of hydrogen-bond donors (Lipinski definition) is 1. The average molecular weight is 464 g/mol. The maximum Gasteiger partial charge on any atom is 0.341 e. The number of hydrogen-bond acceptors (Lipinski definition) is 7. The van der Waals surface area contributed by atoms with Gasteiger partial charge in [-0.1, -0.05) is 30.3 Å². The molecule has 168 valence electrons. The molecule has 0 saturated carbocycles. The van der Waals surface area contributed by atoms with Crippen LogP contribution >= 0.6 is 11.3 Å². The summed E-state index contributed by atoms with van der Waals surface area (Å²) in [5, 5.41) is 2.94. The molecule has 8 nitrogen and oxygen atoms in total. The van der Waals surface area contributed by atoms with Gasteiger partial charge in [-0.15, -0.1) is 11.3 Å². The van der Waals surface area contributed by atoms with Crippen molar-refractivity contribution in [3.63, 3.8) is 0 Å². The van der Waals surface area contributed by atoms with E-state index >= 15 is 0 Å². The van der Waals surface area contributed by atoms with Crippen LogP contribution in [0.25, 0.3) is 0 Å². The summed E-state index contributed by atoms with van der Waals surface area (Å²) in [7, 11) is 0. The van der Waals surface area contributed by atoms with Gasteiger partial charge in [0.25, 0.3) is 17.7 Å². The normalized spacial score (nSPS) is 12.5. The number of benzene rings is 2. The fraction of sp³-hybridized carbons (Fsp3) is 0.167. The molecule has 3 aromatic rings. The molecule has 0 fully saturated rings. The number of ether oxygens (including phenoxy) is 2. The van der Waals surface area contributed by atoms with Crippen LogP contribution in [0.3, 0.4) is 0 Å². The fourth-order valence-electron chi connectivity index (χ4n) is 3.34. The third-order valence-corrected chi connectivity index (χ3v) is 5.87. The van der Waals surface area contributed by atoms with Gasteiger partial charge in [0.15, 0.2) is 6.61 Å². The number of nitrogens with one attached hydrogen (secondary N) is 1. The molecule has 9 heteroatoms. The molecule has 1 aromatic heterocycles. The SMILES string of the molecule is CCOC(=O)c1cc(CN2C(=O)c3ccccc3C2=O)sc1NC(=O)COc1ccccc1. The molecule has 1 aliphatic heterocycles. The van der Waals surface area contributed by atoms with Crippen molar-refractivity contribution >= 4 is 40.0 Å². The number of rotatable bonds is 8. The first-order chi connectivity index (χ1) is 16.0. The number of nitrogens with zero attached hydrogens (tertiary/aromatic N) is 1. The molecule has 0 atom stereocenters. The number of carbonyl (C=O) groups is 4. The van der Waals surface area contributed by atoms with Crippen molar-refractivity contribution in [3.05, 3.63) is 82.2 Å². The molecular formula is C24H20N2O6S. The number of fused-ring (bicyclic) bond motifs is 1. The van der Waals surface area contributed by atoms with Gasteiger partial charge in [-0.25, -0.2) is 4.79 Å². The summed E-state index contributed by atoms with van der Waals surface area (Å²) in [4.78, 5) is 51.9. The Labute approximate surface area is 193 Å². The highest BCUT2D eigenvalue weighted by Crippen LogP contribution is 2.32. The third kappa shape index (κ3) is 4.78. The lowest BCUT2D eigenvalue weighted by molar-refractivity contribution is -0.118. The number of carbonyl (C=O) groups excluding carboxylic acids is 4. The molecule has 33 heavy (non-hydrogen) atoms. The number of anilines is 1. The van der Waals surface area contributed by atoms with Crippen LogP contribution in [0.4, 0.5) is 5.00 Å². The lowest BCUT2D eigenvalue weighted by atomic mass is 10.1. The van der Waals surface area contributed by atoms with Gasteiger partial charge in [-0.2, -0.15) is 0 Å². The number of para-hydroxylation sites is 1. The number of thiophene rings is 1. The van der Waals surface area contributed by atoms with Gasteiger partial charge in [-0.05, 0) is 37.3 Å². The van der Waals surface area contributed by atoms with E-state index in [1.54, 1.807) is 55.5 Å². The second kappa shape index (κ2) is 9.66. The van der Waals surface area contributed by atoms with Gasteiger partial charge in [0, 0.05) is 4.88 Å². The number of imide groups is 1. The monoisotopic (exact) mass is 464 g/mol. The second-order valence-electron chi connectivity index (χ2n) is 7.07. The van der Waals surface area contributed by atoms with E-state index in [-0.39, 0.29) is 30.3 Å². The van der Waals surface area contributed by atoms with Crippen molar-refractivity contribution < 1.29 is 28.7 Å². The van der Waals surface area contributed by atoms with Gasteiger partial charge in [-0.3, -0.25) is 19.3 Å². The van der Waals surface area contributed by atoms with E-state index in [1.807, 2.05) is 6.07 Å². The highest BCUT2D eigenvalue weighted by molar-refractivity contribution is 7.16. The highest BCUT2D eigenvalue weighted by atomic mass is 32.1. The lowest BCUT2D eigenvalue weighted by Crippen LogP contribution is -2.28. The molecule has 0 spiro atoms. The highest BCUT2D eigenvalue weighted by Gasteiger charge is 2.35. The summed E-state index contributed by atoms with van der Waals surface area (Å²) in [5.41, 5.74) is 0.842. The predicted octanol–water partition coefficient (Wildman–Crippen LogP) is 3.74. The fourth-order valence-corrected chi connectivity index (χ4v) is 4.39. The van der Waals surface area contributed by atoms with E-state index in [0.717, 1.165) is 16.2 Å². The Bertz CT molecular complexity index is 1190. The Morgan fingerprint density at radius 3 is 2.24 bits per heavy atom. The predicted molar refractivity (Wildman–Crippen MR) is 121 cm³/mol. The van der Waals surface area contributed by atoms with Crippen LogP contribution in [-0.2, 0) is 16.1 Å². The molecule has 0 bridgehead atoms. The van der Waals surface area contributed by atoms with E-state index < -0.39 is 23.7 Å². The average Bonchev–Trinajstić information content (AvgIpc) is 3.33. The van der Waals surface area contributed by atoms with E-state index in [0.29, 0.717) is 21.8 Å². The topological polar surface area (TPSA) is 102 Å². The summed E-state index contributed by atoms with van der Waals surface area (Å²) < 4.78 is 10.5. The molecule has 1 N–H and O–H groups in total. The quantitative estimate of drug-likeness (QED) is 0.403. The molecule has 0 radical (unpaired) electrons. The first kappa shape index (κ1) is 22.2. The third-order valence-electron chi connectivity index (χ3n) is 4.84. The van der Waals surface area contributed by atoms with Crippen LogP contribution in [0.1, 0.15) is 42.9 Å². The van der Waals surface area contributed by atoms with Crippen molar-refractivity contribution in [2.75, 3.05) is 18.5 Å². The second-order valence-corrected chi connectivity index (χ2v) is 8.20. The van der Waals surface area contributed by atoms with E-state index in [9.17, 15) is 19.2 Å². The zero-order valence-electron chi connectivity index (χ0n) is 17.7. The summed E-state index contributed by atoms with van der Waals surface area (Å²) in [5.74, 6) is -1.33. The Balaban J connectivity index is 1.51. The lowest BCUT2D eigenvalue weighted by Gasteiger charge is -2.12. The van der Waals surface area contributed by atoms with Gasteiger partial charge < -0.3 is 14.8 Å². The maximum absolute atomic E-state index is 12.7. The number of esters is 1. The minimum absolute atomic E-state index is 0.0280. The number of amides is 3. The largest absolute Gasteiger partial charge is 0.484 e. The van der Waals surface area contributed by atoms with Gasteiger partial charge in [0.2, 0.25) is 0 Å². The van der Waals surface area contributed by atoms with Crippen molar-refractivity contribution in [1.82, 2.24) is 4.90 Å². The maximum atomic E-state index is 12.7. The standard InChI is InChI=1S/C24H20N2O6S/c1-2-31-24(30)19-12-16(13-26-22(28)17-10-6-7-11-18(17)23(26)29)33-21(19)25-20(27)14-32-15-8-4-3-5-9-15/h3-12H,2,13-14H2,1H3,(H,25,27). The summed E-state index contributed by atoms with van der Waals surface area (Å²) >= 11 is 1.10. The molecule has 4 rings (SSSR count). The van der Waals surface area contributed by atoms with Crippen LogP contribution in [0.2, 0.25) is 0 Å². The molecular weight excluding hydrogens is 444 g/mol. The Kier molecular flexibility index (Phi) is 6.50.